The van der Waals surface area contributed by atoms with Crippen molar-refractivity contribution in [2.45, 2.75) is 155 Å². The maximum Gasteiger partial charge on any atom is 0.337 e. The van der Waals surface area contributed by atoms with E-state index < -0.39 is 0 Å². The predicted molar refractivity (Wildman–Crippen MR) is 311 cm³/mol. The summed E-state index contributed by atoms with van der Waals surface area (Å²) in [5, 5.41) is 3.50. The number of benzene rings is 7. The molecular weight excluding hydrogens is 888 g/mol. The molecule has 0 N–H and O–H groups in total. The molecule has 13 rings (SSSR count). The second-order valence-electron chi connectivity index (χ2n) is 27.1. The zero-order valence-corrected chi connectivity index (χ0v) is 45.7. The van der Waals surface area contributed by atoms with Crippen molar-refractivity contribution < 1.29 is 8.83 Å². The molecule has 2 aliphatic heterocycles. The molecule has 73 heavy (non-hydrogen) atoms. The molecule has 4 aliphatic rings. The maximum absolute atomic E-state index is 7.75. The van der Waals surface area contributed by atoms with E-state index in [-0.39, 0.29) is 39.3 Å². The highest BCUT2D eigenvalue weighted by Crippen LogP contribution is 2.56. The van der Waals surface area contributed by atoms with Crippen molar-refractivity contribution in [3.8, 4) is 22.3 Å². The lowest BCUT2D eigenvalue weighted by molar-refractivity contribution is 0.332. The standard InChI is InChI=1S/C68H71BN2O2/c1-63(2,3)41-24-28-52(45(34-41)40-20-16-15-17-21-40)70-54-39-57-58(44-22-18-19-23-55(44)72-57)59-46-35-42(64(4,5)6)25-29-53(46)71(43-26-27-48-49(36-43)66(9,10)31-30-65(48,7)8)69(61(54)59)60-47-37-50-51(38-56(47)73-62(60)70)68(13,14)33-32-67(50,11)12/h15-29,34-39H,30-33H2,1-14H3. The quantitative estimate of drug-likeness (QED) is 0.165. The van der Waals surface area contributed by atoms with Crippen LogP contribution in [0.5, 0.6) is 0 Å². The normalized spacial score (nSPS) is 18.1. The fraction of sp³-hybridized carbons (Fsp3) is 0.353. The molecule has 0 saturated heterocycles. The van der Waals surface area contributed by atoms with E-state index in [1.807, 2.05) is 0 Å². The molecule has 9 aromatic rings. The summed E-state index contributed by atoms with van der Waals surface area (Å²) in [4.78, 5) is 5.22. The van der Waals surface area contributed by atoms with E-state index in [0.717, 1.165) is 58.7 Å². The number of rotatable bonds is 3. The van der Waals surface area contributed by atoms with Crippen molar-refractivity contribution in [2.24, 2.45) is 0 Å². The molecule has 0 atom stereocenters. The highest BCUT2D eigenvalue weighted by molar-refractivity contribution is 6.95. The SMILES string of the molecule is CC(C)(C)c1ccc2c(c1)-c1c3c(cc4oc5ccccc5c14)N(c1ccc(C(C)(C)C)cc1-c1ccccc1)c1oc4cc5c(cc4c1B3N2c1ccc2c(c1)C(C)(C)CCC2(C)C)C(C)(C)CCC5(C)C. The van der Waals surface area contributed by atoms with Crippen LogP contribution in [0.3, 0.4) is 0 Å². The first kappa shape index (κ1) is 46.3. The van der Waals surface area contributed by atoms with E-state index >= 15 is 0 Å². The second-order valence-corrected chi connectivity index (χ2v) is 27.1. The van der Waals surface area contributed by atoms with Gasteiger partial charge in [0.15, 0.2) is 0 Å². The minimum Gasteiger partial charge on any atom is -0.456 e. The van der Waals surface area contributed by atoms with Gasteiger partial charge in [0.1, 0.15) is 16.7 Å². The van der Waals surface area contributed by atoms with E-state index in [0.29, 0.717) is 0 Å². The third-order valence-corrected chi connectivity index (χ3v) is 18.3. The van der Waals surface area contributed by atoms with Crippen LogP contribution in [0.15, 0.2) is 136 Å². The van der Waals surface area contributed by atoms with Gasteiger partial charge in [-0.15, -0.1) is 0 Å². The number of nitrogens with zero attached hydrogens (tertiary/aromatic N) is 2. The van der Waals surface area contributed by atoms with Gasteiger partial charge >= 0.3 is 6.85 Å². The predicted octanol–water partition coefficient (Wildman–Crippen LogP) is 18.0. The first-order valence-corrected chi connectivity index (χ1v) is 27.1. The minimum absolute atomic E-state index is 0.00124. The topological polar surface area (TPSA) is 32.8 Å². The summed E-state index contributed by atoms with van der Waals surface area (Å²) in [5.74, 6) is 0.867. The molecule has 0 amide bonds. The van der Waals surface area contributed by atoms with Gasteiger partial charge in [0, 0.05) is 50.2 Å². The van der Waals surface area contributed by atoms with Crippen LogP contribution in [-0.4, -0.2) is 6.85 Å². The number of anilines is 5. The lowest BCUT2D eigenvalue weighted by Crippen LogP contribution is -2.61. The van der Waals surface area contributed by atoms with Gasteiger partial charge in [-0.3, -0.25) is 4.90 Å². The Labute approximate surface area is 433 Å². The zero-order valence-electron chi connectivity index (χ0n) is 45.7. The summed E-state index contributed by atoms with van der Waals surface area (Å²) in [6.07, 6.45) is 4.57. The van der Waals surface area contributed by atoms with Gasteiger partial charge in [-0.1, -0.05) is 164 Å². The van der Waals surface area contributed by atoms with Crippen molar-refractivity contribution in [1.82, 2.24) is 0 Å². The van der Waals surface area contributed by atoms with Crippen LogP contribution < -0.4 is 20.6 Å². The molecule has 4 heterocycles. The van der Waals surface area contributed by atoms with Gasteiger partial charge < -0.3 is 13.6 Å². The fourth-order valence-corrected chi connectivity index (χ4v) is 13.6. The summed E-state index contributed by atoms with van der Waals surface area (Å²) in [7, 11) is 0. The Morgan fingerprint density at radius 3 is 1.68 bits per heavy atom. The van der Waals surface area contributed by atoms with Crippen molar-refractivity contribution in [3.05, 3.63) is 161 Å². The average molecular weight is 959 g/mol. The van der Waals surface area contributed by atoms with Crippen LogP contribution >= 0.6 is 0 Å². The van der Waals surface area contributed by atoms with Crippen molar-refractivity contribution in [3.63, 3.8) is 0 Å². The third-order valence-electron chi connectivity index (χ3n) is 18.3. The van der Waals surface area contributed by atoms with Crippen LogP contribution in [0.25, 0.3) is 55.2 Å². The molecule has 0 fully saturated rings. The zero-order chi connectivity index (χ0) is 51.1. The van der Waals surface area contributed by atoms with Crippen LogP contribution in [0.2, 0.25) is 0 Å². The summed E-state index contributed by atoms with van der Waals surface area (Å²) in [6.45, 7) is 33.3. The van der Waals surface area contributed by atoms with E-state index in [4.69, 9.17) is 8.83 Å². The van der Waals surface area contributed by atoms with E-state index in [9.17, 15) is 0 Å². The van der Waals surface area contributed by atoms with E-state index in [1.54, 1.807) is 0 Å². The number of furan rings is 2. The Morgan fingerprint density at radius 2 is 1.03 bits per heavy atom. The highest BCUT2D eigenvalue weighted by Gasteiger charge is 2.51. The molecule has 4 nitrogen and oxygen atoms in total. The molecular formula is C68H71BN2O2. The first-order chi connectivity index (χ1) is 34.4. The third kappa shape index (κ3) is 6.78. The van der Waals surface area contributed by atoms with Gasteiger partial charge in [-0.25, -0.2) is 0 Å². The molecule has 0 saturated carbocycles. The Hall–Kier alpha value is -6.46. The van der Waals surface area contributed by atoms with Crippen LogP contribution in [-0.2, 0) is 32.5 Å². The molecule has 368 valence electrons. The number of para-hydroxylation sites is 1. The van der Waals surface area contributed by atoms with Crippen molar-refractivity contribution in [1.29, 1.82) is 0 Å². The van der Waals surface area contributed by atoms with Crippen molar-refractivity contribution in [2.75, 3.05) is 9.71 Å². The number of fused-ring (bicyclic) bond motifs is 12. The monoisotopic (exact) mass is 959 g/mol. The molecule has 5 heteroatoms. The Morgan fingerprint density at radius 1 is 0.452 bits per heavy atom. The Kier molecular flexibility index (Phi) is 9.58. The Bertz CT molecular complexity index is 3790. The maximum atomic E-state index is 7.75. The van der Waals surface area contributed by atoms with Gasteiger partial charge in [0.25, 0.3) is 0 Å². The van der Waals surface area contributed by atoms with Gasteiger partial charge in [-0.2, -0.15) is 0 Å². The summed E-state index contributed by atoms with van der Waals surface area (Å²) in [6, 6.07) is 49.0. The number of hydrogen-bond donors (Lipinski definition) is 0. The minimum atomic E-state index is -0.256. The van der Waals surface area contributed by atoms with Crippen LogP contribution in [0.1, 0.15) is 156 Å². The largest absolute Gasteiger partial charge is 0.456 e. The molecule has 0 unspecified atom stereocenters. The second kappa shape index (κ2) is 15.1. The Balaban J connectivity index is 1.23. The smallest absolute Gasteiger partial charge is 0.337 e. The summed E-state index contributed by atoms with van der Waals surface area (Å²) in [5.41, 5.74) is 22.9. The van der Waals surface area contributed by atoms with E-state index in [2.05, 4.69) is 234 Å². The molecule has 0 spiro atoms. The molecule has 2 aromatic heterocycles. The summed E-state index contributed by atoms with van der Waals surface area (Å²) < 4.78 is 14.9. The first-order valence-electron chi connectivity index (χ1n) is 27.1. The van der Waals surface area contributed by atoms with Gasteiger partial charge in [-0.05, 0) is 163 Å². The van der Waals surface area contributed by atoms with Crippen molar-refractivity contribution >= 4 is 79.3 Å². The van der Waals surface area contributed by atoms with Crippen LogP contribution in [0.4, 0.5) is 28.6 Å². The van der Waals surface area contributed by atoms with E-state index in [1.165, 1.54) is 95.1 Å². The molecule has 2 aliphatic carbocycles. The highest BCUT2D eigenvalue weighted by atomic mass is 16.4. The van der Waals surface area contributed by atoms with Crippen LogP contribution in [0, 0.1) is 0 Å². The number of hydrogen-bond acceptors (Lipinski definition) is 4. The lowest BCUT2D eigenvalue weighted by Gasteiger charge is -2.46. The van der Waals surface area contributed by atoms with Gasteiger partial charge in [0.05, 0.1) is 11.4 Å². The fourth-order valence-electron chi connectivity index (χ4n) is 13.6. The van der Waals surface area contributed by atoms with Gasteiger partial charge in [0.2, 0.25) is 5.88 Å². The summed E-state index contributed by atoms with van der Waals surface area (Å²) >= 11 is 0. The average Bonchev–Trinajstić information content (AvgIpc) is 3.91. The lowest BCUT2D eigenvalue weighted by atomic mass is 9.43. The molecule has 0 radical (unpaired) electrons. The molecule has 0 bridgehead atoms. The molecule has 7 aromatic carbocycles.